The normalized spacial score (nSPS) is 14.4. The van der Waals surface area contributed by atoms with E-state index in [4.69, 9.17) is 10.8 Å². The summed E-state index contributed by atoms with van der Waals surface area (Å²) in [5, 5.41) is 16.7. The Morgan fingerprint density at radius 2 is 1.53 bits per heavy atom. The molecule has 3 amide bonds. The van der Waals surface area contributed by atoms with E-state index < -0.39 is 47.9 Å². The van der Waals surface area contributed by atoms with Crippen LogP contribution in [0.25, 0.3) is 0 Å². The molecule has 186 valence electrons. The van der Waals surface area contributed by atoms with E-state index in [1.165, 1.54) is 37.5 Å². The first-order valence-corrected chi connectivity index (χ1v) is 11.9. The van der Waals surface area contributed by atoms with Gasteiger partial charge in [-0.25, -0.2) is 9.97 Å². The smallest absolute Gasteiger partial charge is 0.325 e. The van der Waals surface area contributed by atoms with E-state index >= 15 is 0 Å². The van der Waals surface area contributed by atoms with Crippen molar-refractivity contribution in [3.8, 4) is 0 Å². The molecule has 8 N–H and O–H groups in total. The van der Waals surface area contributed by atoms with E-state index in [9.17, 15) is 19.2 Å². The summed E-state index contributed by atoms with van der Waals surface area (Å²) in [6.45, 7) is 1.32. The number of hydrogen-bond acceptors (Lipinski definition) is 8. The number of H-pyrrole nitrogens is 2. The Balaban J connectivity index is 2.10. The molecular formula is C20H30N8O5S. The minimum Gasteiger partial charge on any atom is -0.480 e. The predicted molar refractivity (Wildman–Crippen MR) is 125 cm³/mol. The van der Waals surface area contributed by atoms with Crippen molar-refractivity contribution < 1.29 is 24.3 Å². The first kappa shape index (κ1) is 26.9. The van der Waals surface area contributed by atoms with Gasteiger partial charge in [-0.1, -0.05) is 0 Å². The van der Waals surface area contributed by atoms with Crippen LogP contribution in [0.15, 0.2) is 25.0 Å². The maximum absolute atomic E-state index is 13.1. The average molecular weight is 495 g/mol. The number of carbonyl (C=O) groups is 4. The molecule has 13 nitrogen and oxygen atoms in total. The minimum absolute atomic E-state index is 0.0481. The van der Waals surface area contributed by atoms with Gasteiger partial charge in [0.2, 0.25) is 17.7 Å². The number of imidazole rings is 2. The number of nitrogens with zero attached hydrogens (tertiary/aromatic N) is 2. The second kappa shape index (κ2) is 13.3. The van der Waals surface area contributed by atoms with Crippen molar-refractivity contribution in [1.29, 1.82) is 0 Å². The number of thioether (sulfide) groups is 1. The van der Waals surface area contributed by atoms with Gasteiger partial charge < -0.3 is 36.8 Å². The number of aromatic amines is 2. The molecule has 4 unspecified atom stereocenters. The third kappa shape index (κ3) is 8.51. The maximum atomic E-state index is 13.1. The molecule has 0 saturated heterocycles. The first-order chi connectivity index (χ1) is 16.2. The highest BCUT2D eigenvalue weighted by molar-refractivity contribution is 7.98. The fourth-order valence-electron chi connectivity index (χ4n) is 2.98. The summed E-state index contributed by atoms with van der Waals surface area (Å²) in [4.78, 5) is 63.0. The van der Waals surface area contributed by atoms with Crippen molar-refractivity contribution in [2.24, 2.45) is 5.73 Å². The number of aliphatic carboxylic acids is 1. The lowest BCUT2D eigenvalue weighted by Crippen LogP contribution is -2.57. The topological polar surface area (TPSA) is 208 Å². The molecule has 0 aliphatic rings. The number of carboxylic acids is 1. The van der Waals surface area contributed by atoms with Crippen LogP contribution in [0.1, 0.15) is 24.7 Å². The molecule has 2 aromatic heterocycles. The number of hydrogen-bond donors (Lipinski definition) is 7. The summed E-state index contributed by atoms with van der Waals surface area (Å²) in [5.74, 6) is -2.43. The van der Waals surface area contributed by atoms with Gasteiger partial charge in [0, 0.05) is 36.6 Å². The van der Waals surface area contributed by atoms with Crippen LogP contribution in [-0.2, 0) is 32.0 Å². The van der Waals surface area contributed by atoms with Crippen molar-refractivity contribution >= 4 is 35.5 Å². The average Bonchev–Trinajstić information content (AvgIpc) is 3.50. The fraction of sp³-hybridized carbons (Fsp3) is 0.500. The van der Waals surface area contributed by atoms with Gasteiger partial charge in [-0.3, -0.25) is 19.2 Å². The van der Waals surface area contributed by atoms with E-state index in [0.29, 0.717) is 23.6 Å². The Kier molecular flexibility index (Phi) is 10.5. The Bertz CT molecular complexity index is 937. The van der Waals surface area contributed by atoms with Crippen LogP contribution >= 0.6 is 11.8 Å². The van der Waals surface area contributed by atoms with Gasteiger partial charge in [-0.15, -0.1) is 0 Å². The lowest BCUT2D eigenvalue weighted by molar-refractivity contribution is -0.141. The molecule has 2 rings (SSSR count). The molecule has 14 heteroatoms. The van der Waals surface area contributed by atoms with Gasteiger partial charge in [0.05, 0.1) is 18.7 Å². The molecule has 0 saturated carbocycles. The van der Waals surface area contributed by atoms with Gasteiger partial charge in [0.15, 0.2) is 0 Å². The summed E-state index contributed by atoms with van der Waals surface area (Å²) in [7, 11) is 0. The SMILES string of the molecule is CSCCC(NC(=O)C(N)Cc1cnc[nH]1)C(=O)NC(Cc1cnc[nH]1)C(=O)NC(C)C(=O)O. The summed E-state index contributed by atoms with van der Waals surface area (Å²) < 4.78 is 0. The molecule has 2 heterocycles. The number of amides is 3. The number of aromatic nitrogens is 4. The molecule has 2 aromatic rings. The predicted octanol–water partition coefficient (Wildman–Crippen LogP) is -1.44. The second-order valence-electron chi connectivity index (χ2n) is 7.64. The standard InChI is InChI=1S/C20H30N8O5S/c1-11(20(32)33)26-19(31)16(6-13-8-23-10-25-13)28-18(30)15(3-4-34-2)27-17(29)14(21)5-12-7-22-9-24-12/h7-11,14-16H,3-6,21H2,1-2H3,(H,22,24)(H,23,25)(H,26,31)(H,27,29)(H,28,30)(H,32,33). The van der Waals surface area contributed by atoms with Gasteiger partial charge in [0.1, 0.15) is 18.1 Å². The molecular weight excluding hydrogens is 464 g/mol. The zero-order valence-electron chi connectivity index (χ0n) is 18.9. The number of carboxylic acid groups (broad SMARTS) is 1. The first-order valence-electron chi connectivity index (χ1n) is 10.5. The zero-order valence-corrected chi connectivity index (χ0v) is 19.7. The van der Waals surface area contributed by atoms with Gasteiger partial charge in [-0.2, -0.15) is 11.8 Å². The van der Waals surface area contributed by atoms with E-state index in [-0.39, 0.29) is 12.8 Å². The lowest BCUT2D eigenvalue weighted by atomic mass is 10.1. The van der Waals surface area contributed by atoms with E-state index in [1.54, 1.807) is 6.20 Å². The quantitative estimate of drug-likeness (QED) is 0.164. The zero-order chi connectivity index (χ0) is 25.1. The maximum Gasteiger partial charge on any atom is 0.325 e. The van der Waals surface area contributed by atoms with Crippen molar-refractivity contribution in [1.82, 2.24) is 35.9 Å². The second-order valence-corrected chi connectivity index (χ2v) is 8.63. The molecule has 0 radical (unpaired) electrons. The third-order valence-electron chi connectivity index (χ3n) is 4.92. The van der Waals surface area contributed by atoms with Crippen LogP contribution in [0.2, 0.25) is 0 Å². The van der Waals surface area contributed by atoms with Crippen LogP contribution in [0, 0.1) is 0 Å². The van der Waals surface area contributed by atoms with Crippen LogP contribution < -0.4 is 21.7 Å². The molecule has 0 spiro atoms. The highest BCUT2D eigenvalue weighted by atomic mass is 32.2. The number of nitrogens with two attached hydrogens (primary N) is 1. The number of rotatable bonds is 14. The summed E-state index contributed by atoms with van der Waals surface area (Å²) in [6.07, 6.45) is 8.38. The Morgan fingerprint density at radius 3 is 2.06 bits per heavy atom. The highest BCUT2D eigenvalue weighted by Gasteiger charge is 2.29. The van der Waals surface area contributed by atoms with Gasteiger partial charge in [0.25, 0.3) is 0 Å². The molecule has 34 heavy (non-hydrogen) atoms. The summed E-state index contributed by atoms with van der Waals surface area (Å²) >= 11 is 1.49. The van der Waals surface area contributed by atoms with E-state index in [1.807, 2.05) is 6.26 Å². The van der Waals surface area contributed by atoms with E-state index in [0.717, 1.165) is 0 Å². The number of nitrogens with one attached hydrogen (secondary N) is 5. The van der Waals surface area contributed by atoms with E-state index in [2.05, 4.69) is 35.9 Å². The Morgan fingerprint density at radius 1 is 0.971 bits per heavy atom. The molecule has 0 aliphatic heterocycles. The Labute approximate surface area is 200 Å². The highest BCUT2D eigenvalue weighted by Crippen LogP contribution is 2.06. The van der Waals surface area contributed by atoms with Crippen LogP contribution in [0.3, 0.4) is 0 Å². The molecule has 0 bridgehead atoms. The number of carbonyl (C=O) groups excluding carboxylic acids is 3. The van der Waals surface area contributed by atoms with Crippen molar-refractivity contribution in [3.63, 3.8) is 0 Å². The van der Waals surface area contributed by atoms with Gasteiger partial charge in [-0.05, 0) is 25.4 Å². The van der Waals surface area contributed by atoms with Crippen LogP contribution in [0.5, 0.6) is 0 Å². The molecule has 0 fully saturated rings. The van der Waals surface area contributed by atoms with Crippen molar-refractivity contribution in [2.75, 3.05) is 12.0 Å². The molecule has 4 atom stereocenters. The lowest BCUT2D eigenvalue weighted by Gasteiger charge is -2.24. The molecule has 0 aliphatic carbocycles. The third-order valence-corrected chi connectivity index (χ3v) is 5.56. The Hall–Kier alpha value is -3.39. The summed E-state index contributed by atoms with van der Waals surface area (Å²) in [6, 6.07) is -4.10. The van der Waals surface area contributed by atoms with Crippen molar-refractivity contribution in [2.45, 2.75) is 50.4 Å². The van der Waals surface area contributed by atoms with Crippen LogP contribution in [0.4, 0.5) is 0 Å². The van der Waals surface area contributed by atoms with Crippen molar-refractivity contribution in [3.05, 3.63) is 36.4 Å². The minimum atomic E-state index is -1.21. The summed E-state index contributed by atoms with van der Waals surface area (Å²) in [5.41, 5.74) is 7.22. The fourth-order valence-corrected chi connectivity index (χ4v) is 3.45. The molecule has 0 aromatic carbocycles. The monoisotopic (exact) mass is 494 g/mol. The largest absolute Gasteiger partial charge is 0.480 e. The van der Waals surface area contributed by atoms with Gasteiger partial charge >= 0.3 is 5.97 Å². The van der Waals surface area contributed by atoms with Crippen LogP contribution in [-0.4, -0.2) is 84.9 Å².